The van der Waals surface area contributed by atoms with Crippen LogP contribution in [0.3, 0.4) is 0 Å². The summed E-state index contributed by atoms with van der Waals surface area (Å²) in [4.78, 5) is 36.4. The van der Waals surface area contributed by atoms with Crippen LogP contribution in [0, 0.1) is 0 Å². The van der Waals surface area contributed by atoms with Crippen LogP contribution in [0.5, 0.6) is 0 Å². The van der Waals surface area contributed by atoms with E-state index < -0.39 is 24.3 Å². The Morgan fingerprint density at radius 1 is 1.05 bits per heavy atom. The van der Waals surface area contributed by atoms with Crippen molar-refractivity contribution in [2.24, 2.45) is 0 Å². The molecule has 41 heavy (non-hydrogen) atoms. The van der Waals surface area contributed by atoms with Crippen molar-refractivity contribution in [2.75, 3.05) is 33.2 Å². The Morgan fingerprint density at radius 2 is 1.63 bits per heavy atom. The first-order valence-electron chi connectivity index (χ1n) is 12.0. The van der Waals surface area contributed by atoms with Gasteiger partial charge in [-0.05, 0) is 53.7 Å². The van der Waals surface area contributed by atoms with E-state index in [1.54, 1.807) is 22.7 Å². The van der Waals surface area contributed by atoms with Gasteiger partial charge in [-0.15, -0.1) is 11.3 Å². The fourth-order valence-electron chi connectivity index (χ4n) is 4.09. The van der Waals surface area contributed by atoms with Gasteiger partial charge >= 0.3 is 24.3 Å². The van der Waals surface area contributed by atoms with Crippen LogP contribution in [0.1, 0.15) is 23.3 Å². The monoisotopic (exact) mass is 633 g/mol. The van der Waals surface area contributed by atoms with Gasteiger partial charge < -0.3 is 25.2 Å². The van der Waals surface area contributed by atoms with E-state index in [9.17, 15) is 31.1 Å². The van der Waals surface area contributed by atoms with Gasteiger partial charge in [0, 0.05) is 37.6 Å². The smallest absolute Gasteiger partial charge is 0.475 e. The number of rotatable bonds is 5. The molecule has 2 fully saturated rings. The van der Waals surface area contributed by atoms with E-state index in [1.807, 2.05) is 17.5 Å². The molecule has 4 heterocycles. The van der Waals surface area contributed by atoms with Crippen molar-refractivity contribution in [3.05, 3.63) is 44.8 Å². The molecule has 2 aromatic rings. The van der Waals surface area contributed by atoms with Crippen molar-refractivity contribution >= 4 is 40.5 Å². The molecule has 4 rings (SSSR count). The first-order chi connectivity index (χ1) is 19.0. The van der Waals surface area contributed by atoms with Crippen molar-refractivity contribution in [1.29, 1.82) is 0 Å². The molecule has 2 aliphatic rings. The number of nitrogens with zero attached hydrogens (tertiary/aromatic N) is 2. The Balaban J connectivity index is 0.000000349. The number of nitrogens with one attached hydrogen (secondary N) is 1. The molecule has 1 amide bonds. The summed E-state index contributed by atoms with van der Waals surface area (Å²) in [5.41, 5.74) is 1.20. The number of likely N-dealkylation sites (N-methyl/N-ethyl adjacent to an activating group) is 1. The van der Waals surface area contributed by atoms with Gasteiger partial charge in [0.15, 0.2) is 0 Å². The molecular weight excluding hydrogens is 604 g/mol. The summed E-state index contributed by atoms with van der Waals surface area (Å²) in [6.45, 7) is 5.22. The Morgan fingerprint density at radius 3 is 2.10 bits per heavy atom. The van der Waals surface area contributed by atoms with Crippen molar-refractivity contribution in [2.45, 2.75) is 50.0 Å². The normalized spacial score (nSPS) is 19.3. The molecule has 2 aliphatic heterocycles. The lowest BCUT2D eigenvalue weighted by Gasteiger charge is -2.48. The number of hydrogen-bond donors (Lipinski definition) is 3. The number of amides is 1. The second-order valence-corrected chi connectivity index (χ2v) is 11.1. The average molecular weight is 634 g/mol. The Kier molecular flexibility index (Phi) is 12.6. The third-order valence-corrected chi connectivity index (χ3v) is 7.58. The molecule has 230 valence electrons. The number of likely N-dealkylation sites (tertiary alicyclic amines) is 1. The van der Waals surface area contributed by atoms with E-state index in [4.69, 9.17) is 24.5 Å². The minimum atomic E-state index is -5.08. The summed E-state index contributed by atoms with van der Waals surface area (Å²) >= 11 is 3.42. The maximum Gasteiger partial charge on any atom is 0.490 e. The largest absolute Gasteiger partial charge is 0.490 e. The number of aliphatic carboxylic acids is 2. The second-order valence-electron chi connectivity index (χ2n) is 9.30. The predicted octanol–water partition coefficient (Wildman–Crippen LogP) is 4.06. The van der Waals surface area contributed by atoms with Crippen LogP contribution in [0.4, 0.5) is 26.3 Å². The Labute approximate surface area is 239 Å². The third kappa shape index (κ3) is 12.0. The number of thiophene rings is 2. The van der Waals surface area contributed by atoms with Gasteiger partial charge in [0.2, 0.25) is 0 Å². The topological polar surface area (TPSA) is 119 Å². The summed E-state index contributed by atoms with van der Waals surface area (Å²) in [5.74, 6) is -5.50. The quantitative estimate of drug-likeness (QED) is 0.422. The van der Waals surface area contributed by atoms with Gasteiger partial charge in [0.25, 0.3) is 5.91 Å². The molecule has 0 aliphatic carbocycles. The molecule has 1 atom stereocenters. The first-order valence-corrected chi connectivity index (χ1v) is 13.8. The zero-order valence-corrected chi connectivity index (χ0v) is 23.3. The maximum atomic E-state index is 12.7. The van der Waals surface area contributed by atoms with Gasteiger partial charge in [-0.2, -0.15) is 37.7 Å². The Bertz CT molecular complexity index is 1080. The number of morpholine rings is 1. The first kappa shape index (κ1) is 34.5. The highest BCUT2D eigenvalue weighted by atomic mass is 32.1. The van der Waals surface area contributed by atoms with Crippen LogP contribution in [-0.2, 0) is 32.2 Å². The van der Waals surface area contributed by atoms with Gasteiger partial charge in [0.05, 0.1) is 12.1 Å². The number of ether oxygens (including phenoxy) is 1. The van der Waals surface area contributed by atoms with Crippen LogP contribution < -0.4 is 5.32 Å². The number of piperidine rings is 1. The summed E-state index contributed by atoms with van der Waals surface area (Å²) in [6, 6.07) is 6.26. The van der Waals surface area contributed by atoms with Crippen LogP contribution in [0.2, 0.25) is 0 Å². The van der Waals surface area contributed by atoms with Crippen molar-refractivity contribution in [1.82, 2.24) is 15.1 Å². The summed E-state index contributed by atoms with van der Waals surface area (Å²) in [5, 5.41) is 23.7. The van der Waals surface area contributed by atoms with E-state index >= 15 is 0 Å². The molecule has 1 spiro atoms. The molecule has 9 nitrogen and oxygen atoms in total. The number of halogens is 6. The number of carbonyl (C=O) groups excluding carboxylic acids is 1. The lowest BCUT2D eigenvalue weighted by atomic mass is 9.88. The van der Waals surface area contributed by atoms with Crippen molar-refractivity contribution in [3.63, 3.8) is 0 Å². The number of hydrogen-bond acceptors (Lipinski definition) is 8. The number of carboxylic acid groups (broad SMARTS) is 2. The summed E-state index contributed by atoms with van der Waals surface area (Å²) < 4.78 is 69.9. The highest BCUT2D eigenvalue weighted by Gasteiger charge is 2.44. The van der Waals surface area contributed by atoms with E-state index in [0.29, 0.717) is 13.1 Å². The summed E-state index contributed by atoms with van der Waals surface area (Å²) in [7, 11) is 2.10. The van der Waals surface area contributed by atoms with E-state index in [1.165, 1.54) is 10.4 Å². The average Bonchev–Trinajstić information content (AvgIpc) is 3.58. The molecule has 0 saturated carbocycles. The second kappa shape index (κ2) is 14.9. The standard InChI is InChI=1S/C20H27N3O2S2.2C2HF3O2/c1-22-13-18(19(24)21-11-17-3-2-9-27-17)25-20(15-22)5-7-23(8-6-20)12-16-4-10-26-14-16;2*3-2(4,5)1(6)7/h2-4,9-10,14,18H,5-8,11-13,15H2,1H3,(H,21,24);2*(H,6,7). The van der Waals surface area contributed by atoms with Gasteiger partial charge in [-0.1, -0.05) is 6.07 Å². The molecule has 0 bridgehead atoms. The molecule has 2 aromatic heterocycles. The Hall–Kier alpha value is -2.73. The van der Waals surface area contributed by atoms with Gasteiger partial charge in [0.1, 0.15) is 6.10 Å². The number of carbonyl (C=O) groups is 3. The molecule has 2 saturated heterocycles. The maximum absolute atomic E-state index is 12.7. The fourth-order valence-corrected chi connectivity index (χ4v) is 5.39. The van der Waals surface area contributed by atoms with E-state index in [-0.39, 0.29) is 17.6 Å². The zero-order chi connectivity index (χ0) is 30.8. The van der Waals surface area contributed by atoms with Gasteiger partial charge in [-0.25, -0.2) is 9.59 Å². The highest BCUT2D eigenvalue weighted by Crippen LogP contribution is 2.32. The molecule has 0 aromatic carbocycles. The van der Waals surface area contributed by atoms with Gasteiger partial charge in [-0.3, -0.25) is 9.69 Å². The van der Waals surface area contributed by atoms with E-state index in [2.05, 4.69) is 39.0 Å². The summed E-state index contributed by atoms with van der Waals surface area (Å²) in [6.07, 6.45) is -8.58. The number of alkyl halides is 6. The van der Waals surface area contributed by atoms with E-state index in [0.717, 1.165) is 39.0 Å². The van der Waals surface area contributed by atoms with Crippen molar-refractivity contribution in [3.8, 4) is 0 Å². The molecule has 17 heteroatoms. The van der Waals surface area contributed by atoms with Crippen LogP contribution in [0.15, 0.2) is 34.3 Å². The SMILES string of the molecule is CN1CC(C(=O)NCc2cccs2)OC2(CCN(Cc3ccsc3)CC2)C1.O=C(O)C(F)(F)F.O=C(O)C(F)(F)F. The van der Waals surface area contributed by atoms with Crippen LogP contribution >= 0.6 is 22.7 Å². The molecule has 3 N–H and O–H groups in total. The van der Waals surface area contributed by atoms with Crippen molar-refractivity contribution < 1.29 is 55.7 Å². The van der Waals surface area contributed by atoms with Crippen LogP contribution in [-0.4, -0.2) is 95.1 Å². The predicted molar refractivity (Wildman–Crippen MR) is 137 cm³/mol. The lowest BCUT2D eigenvalue weighted by Crippen LogP contribution is -2.61. The zero-order valence-electron chi connectivity index (χ0n) is 21.7. The fraction of sp³-hybridized carbons (Fsp3) is 0.542. The molecular formula is C24H29F6N3O6S2. The third-order valence-electron chi connectivity index (χ3n) is 5.98. The lowest BCUT2D eigenvalue weighted by molar-refractivity contribution is -0.193. The minimum absolute atomic E-state index is 0.00928. The highest BCUT2D eigenvalue weighted by molar-refractivity contribution is 7.09. The molecule has 1 unspecified atom stereocenters. The minimum Gasteiger partial charge on any atom is -0.475 e. The van der Waals surface area contributed by atoms with Crippen LogP contribution in [0.25, 0.3) is 0 Å². The number of carboxylic acids is 2. The molecule has 0 radical (unpaired) electrons.